The molecule has 0 spiro atoms. The quantitative estimate of drug-likeness (QED) is 0.853. The van der Waals surface area contributed by atoms with Gasteiger partial charge in [0.05, 0.1) is 5.69 Å². The molecule has 5 heteroatoms. The fourth-order valence-electron chi connectivity index (χ4n) is 2.91. The van der Waals surface area contributed by atoms with Gasteiger partial charge in [0.15, 0.2) is 0 Å². The number of halogens is 2. The Morgan fingerprint density at radius 3 is 2.39 bits per heavy atom. The maximum absolute atomic E-state index is 13.9. The van der Waals surface area contributed by atoms with Gasteiger partial charge in [-0.25, -0.2) is 4.39 Å². The van der Waals surface area contributed by atoms with Crippen LogP contribution in [0.5, 0.6) is 0 Å². The van der Waals surface area contributed by atoms with Crippen molar-refractivity contribution in [2.45, 2.75) is 20.0 Å². The number of rotatable bonds is 4. The lowest BCUT2D eigenvalue weighted by Gasteiger charge is -2.34. The summed E-state index contributed by atoms with van der Waals surface area (Å²) in [5.41, 5.74) is 2.97. The normalized spacial score (nSPS) is 16.7. The van der Waals surface area contributed by atoms with Gasteiger partial charge in [-0.1, -0.05) is 23.7 Å². The van der Waals surface area contributed by atoms with Crippen LogP contribution in [0, 0.1) is 12.7 Å². The van der Waals surface area contributed by atoms with Crippen molar-refractivity contribution < 1.29 is 4.39 Å². The van der Waals surface area contributed by atoms with Crippen molar-refractivity contribution in [1.82, 2.24) is 14.8 Å². The van der Waals surface area contributed by atoms with Crippen LogP contribution in [-0.2, 0) is 13.1 Å². The van der Waals surface area contributed by atoms with Crippen LogP contribution >= 0.6 is 11.6 Å². The van der Waals surface area contributed by atoms with E-state index < -0.39 is 0 Å². The smallest absolute Gasteiger partial charge is 0.129 e. The molecule has 1 fully saturated rings. The average molecular weight is 334 g/mol. The first-order chi connectivity index (χ1) is 11.1. The van der Waals surface area contributed by atoms with E-state index in [1.165, 1.54) is 11.6 Å². The monoisotopic (exact) mass is 333 g/mol. The van der Waals surface area contributed by atoms with Crippen LogP contribution in [0.2, 0.25) is 5.02 Å². The molecule has 0 radical (unpaired) electrons. The largest absolute Gasteiger partial charge is 0.296 e. The molecule has 2 aromatic rings. The summed E-state index contributed by atoms with van der Waals surface area (Å²) in [6.45, 7) is 7.29. The molecule has 1 saturated heterocycles. The van der Waals surface area contributed by atoms with Crippen LogP contribution in [0.3, 0.4) is 0 Å². The zero-order valence-electron chi connectivity index (χ0n) is 13.3. The summed E-state index contributed by atoms with van der Waals surface area (Å²) in [4.78, 5) is 9.11. The van der Waals surface area contributed by atoms with E-state index in [0.29, 0.717) is 17.1 Å². The van der Waals surface area contributed by atoms with Crippen LogP contribution in [-0.4, -0.2) is 41.0 Å². The van der Waals surface area contributed by atoms with Crippen molar-refractivity contribution >= 4 is 11.6 Å². The molecule has 0 saturated carbocycles. The molecule has 0 atom stereocenters. The molecule has 1 aromatic heterocycles. The highest BCUT2D eigenvalue weighted by Crippen LogP contribution is 2.21. The molecular weight excluding hydrogens is 313 g/mol. The Balaban J connectivity index is 1.56. The van der Waals surface area contributed by atoms with E-state index in [0.717, 1.165) is 38.4 Å². The summed E-state index contributed by atoms with van der Waals surface area (Å²) in [6.07, 6.45) is 1.85. The lowest BCUT2D eigenvalue weighted by molar-refractivity contribution is 0.120. The van der Waals surface area contributed by atoms with E-state index in [1.807, 2.05) is 12.3 Å². The number of nitrogens with zero attached hydrogens (tertiary/aromatic N) is 3. The Hall–Kier alpha value is -1.49. The summed E-state index contributed by atoms with van der Waals surface area (Å²) in [5, 5.41) is 0.511. The minimum atomic E-state index is -0.218. The first-order valence-corrected chi connectivity index (χ1v) is 8.29. The molecule has 122 valence electrons. The van der Waals surface area contributed by atoms with Crippen molar-refractivity contribution in [3.8, 4) is 0 Å². The fraction of sp³-hybridized carbons (Fsp3) is 0.389. The third-order valence-corrected chi connectivity index (χ3v) is 4.75. The van der Waals surface area contributed by atoms with Gasteiger partial charge in [-0.15, -0.1) is 0 Å². The number of hydrogen-bond acceptors (Lipinski definition) is 3. The maximum atomic E-state index is 13.9. The van der Waals surface area contributed by atoms with E-state index in [2.05, 4.69) is 27.8 Å². The van der Waals surface area contributed by atoms with E-state index in [1.54, 1.807) is 12.1 Å². The second-order valence-electron chi connectivity index (χ2n) is 6.02. The number of benzene rings is 1. The number of aryl methyl sites for hydroxylation is 1. The van der Waals surface area contributed by atoms with E-state index in [-0.39, 0.29) is 5.82 Å². The molecule has 0 amide bonds. The Bertz CT molecular complexity index is 649. The van der Waals surface area contributed by atoms with Gasteiger partial charge in [0, 0.05) is 56.1 Å². The van der Waals surface area contributed by atoms with Gasteiger partial charge in [-0.3, -0.25) is 14.8 Å². The predicted molar refractivity (Wildman–Crippen MR) is 90.9 cm³/mol. The number of piperazine rings is 1. The van der Waals surface area contributed by atoms with Gasteiger partial charge < -0.3 is 0 Å². The molecule has 1 aliphatic heterocycles. The van der Waals surface area contributed by atoms with Crippen LogP contribution < -0.4 is 0 Å². The Morgan fingerprint density at radius 2 is 1.74 bits per heavy atom. The highest BCUT2D eigenvalue weighted by atomic mass is 35.5. The van der Waals surface area contributed by atoms with Gasteiger partial charge >= 0.3 is 0 Å². The molecule has 3 rings (SSSR count). The fourth-order valence-corrected chi connectivity index (χ4v) is 3.13. The first kappa shape index (κ1) is 16.4. The molecule has 2 heterocycles. The summed E-state index contributed by atoms with van der Waals surface area (Å²) in [5.74, 6) is -0.218. The van der Waals surface area contributed by atoms with Crippen LogP contribution in [0.25, 0.3) is 0 Å². The van der Waals surface area contributed by atoms with E-state index in [9.17, 15) is 4.39 Å². The lowest BCUT2D eigenvalue weighted by atomic mass is 10.1. The van der Waals surface area contributed by atoms with Crippen LogP contribution in [0.4, 0.5) is 4.39 Å². The molecule has 0 N–H and O–H groups in total. The Labute approximate surface area is 141 Å². The second-order valence-corrected chi connectivity index (χ2v) is 6.43. The Kier molecular flexibility index (Phi) is 5.26. The molecule has 0 bridgehead atoms. The van der Waals surface area contributed by atoms with Gasteiger partial charge in [-0.05, 0) is 30.7 Å². The molecular formula is C18H21ClFN3. The molecule has 0 unspecified atom stereocenters. The summed E-state index contributed by atoms with van der Waals surface area (Å²) in [6, 6.07) is 8.93. The number of aromatic nitrogens is 1. The minimum Gasteiger partial charge on any atom is -0.296 e. The maximum Gasteiger partial charge on any atom is 0.129 e. The molecule has 23 heavy (non-hydrogen) atoms. The topological polar surface area (TPSA) is 19.4 Å². The first-order valence-electron chi connectivity index (χ1n) is 7.91. The van der Waals surface area contributed by atoms with Gasteiger partial charge in [-0.2, -0.15) is 0 Å². The Morgan fingerprint density at radius 1 is 1.04 bits per heavy atom. The molecule has 1 aliphatic rings. The molecule has 0 aliphatic carbocycles. The third kappa shape index (κ3) is 4.08. The van der Waals surface area contributed by atoms with Crippen LogP contribution in [0.15, 0.2) is 36.5 Å². The van der Waals surface area contributed by atoms with Crippen molar-refractivity contribution in [2.75, 3.05) is 26.2 Å². The molecule has 3 nitrogen and oxygen atoms in total. The number of pyridine rings is 1. The summed E-state index contributed by atoms with van der Waals surface area (Å²) >= 11 is 6.12. The van der Waals surface area contributed by atoms with Crippen molar-refractivity contribution in [2.24, 2.45) is 0 Å². The highest BCUT2D eigenvalue weighted by Gasteiger charge is 2.20. The second kappa shape index (κ2) is 7.39. The average Bonchev–Trinajstić information content (AvgIpc) is 2.55. The van der Waals surface area contributed by atoms with Gasteiger partial charge in [0.2, 0.25) is 0 Å². The van der Waals surface area contributed by atoms with Crippen molar-refractivity contribution in [3.63, 3.8) is 0 Å². The third-order valence-electron chi connectivity index (χ3n) is 4.40. The minimum absolute atomic E-state index is 0.218. The summed E-state index contributed by atoms with van der Waals surface area (Å²) < 4.78 is 13.9. The van der Waals surface area contributed by atoms with Crippen LogP contribution in [0.1, 0.15) is 16.8 Å². The standard InChI is InChI=1S/C18H21ClFN3/c1-14-4-3-7-21-18(14)13-23-10-8-22(9-11-23)12-15-16(19)5-2-6-17(15)20/h2-7H,8-13H2,1H3. The van der Waals surface area contributed by atoms with Crippen molar-refractivity contribution in [3.05, 3.63) is 64.2 Å². The predicted octanol–water partition coefficient (Wildman–Crippen LogP) is 3.50. The highest BCUT2D eigenvalue weighted by molar-refractivity contribution is 6.31. The zero-order valence-corrected chi connectivity index (χ0v) is 14.1. The van der Waals surface area contributed by atoms with Gasteiger partial charge in [0.1, 0.15) is 5.82 Å². The van der Waals surface area contributed by atoms with E-state index >= 15 is 0 Å². The number of hydrogen-bond donors (Lipinski definition) is 0. The SMILES string of the molecule is Cc1cccnc1CN1CCN(Cc2c(F)cccc2Cl)CC1. The van der Waals surface area contributed by atoms with Crippen molar-refractivity contribution in [1.29, 1.82) is 0 Å². The lowest BCUT2D eigenvalue weighted by Crippen LogP contribution is -2.45. The van der Waals surface area contributed by atoms with E-state index in [4.69, 9.17) is 11.6 Å². The molecule has 1 aromatic carbocycles. The zero-order chi connectivity index (χ0) is 16.2. The van der Waals surface area contributed by atoms with Gasteiger partial charge in [0.25, 0.3) is 0 Å². The summed E-state index contributed by atoms with van der Waals surface area (Å²) in [7, 11) is 0.